The minimum atomic E-state index is -0.0755. The maximum absolute atomic E-state index is 5.88. The molecule has 2 aliphatic rings. The molecule has 1 aliphatic heterocycles. The van der Waals surface area contributed by atoms with E-state index in [1.165, 1.54) is 25.7 Å². The van der Waals surface area contributed by atoms with E-state index in [1.807, 2.05) is 0 Å². The van der Waals surface area contributed by atoms with Crippen molar-refractivity contribution in [2.24, 2.45) is 4.99 Å². The fourth-order valence-electron chi connectivity index (χ4n) is 3.13. The van der Waals surface area contributed by atoms with Crippen LogP contribution in [-0.2, 0) is 9.47 Å². The van der Waals surface area contributed by atoms with Crippen molar-refractivity contribution in [1.29, 1.82) is 0 Å². The SMILES string of the molecule is CCNC(=NCC1(C)CCCO1)NCCCOC1CCCC1. The van der Waals surface area contributed by atoms with Gasteiger partial charge in [-0.3, -0.25) is 4.99 Å². The van der Waals surface area contributed by atoms with Crippen LogP contribution in [0, 0.1) is 0 Å². The highest BCUT2D eigenvalue weighted by Crippen LogP contribution is 2.25. The molecule has 1 heterocycles. The number of nitrogens with zero attached hydrogens (tertiary/aromatic N) is 1. The highest BCUT2D eigenvalue weighted by Gasteiger charge is 2.29. The van der Waals surface area contributed by atoms with Gasteiger partial charge in [0.1, 0.15) is 0 Å². The van der Waals surface area contributed by atoms with Gasteiger partial charge in [0, 0.05) is 26.3 Å². The molecule has 2 N–H and O–H groups in total. The molecule has 0 aromatic carbocycles. The van der Waals surface area contributed by atoms with Crippen molar-refractivity contribution >= 4 is 5.96 Å². The number of rotatable bonds is 8. The molecule has 5 nitrogen and oxygen atoms in total. The van der Waals surface area contributed by atoms with Crippen molar-refractivity contribution in [1.82, 2.24) is 10.6 Å². The third-order valence-corrected chi connectivity index (χ3v) is 4.49. The number of nitrogens with one attached hydrogen (secondary N) is 2. The fourth-order valence-corrected chi connectivity index (χ4v) is 3.13. The molecule has 0 amide bonds. The summed E-state index contributed by atoms with van der Waals surface area (Å²) in [6.07, 6.45) is 8.95. The second kappa shape index (κ2) is 9.36. The van der Waals surface area contributed by atoms with Gasteiger partial charge in [-0.2, -0.15) is 0 Å². The summed E-state index contributed by atoms with van der Waals surface area (Å²) in [7, 11) is 0. The summed E-state index contributed by atoms with van der Waals surface area (Å²) in [5.41, 5.74) is -0.0755. The number of hydrogen-bond acceptors (Lipinski definition) is 3. The highest BCUT2D eigenvalue weighted by molar-refractivity contribution is 5.79. The van der Waals surface area contributed by atoms with E-state index in [1.54, 1.807) is 0 Å². The Morgan fingerprint density at radius 3 is 2.77 bits per heavy atom. The van der Waals surface area contributed by atoms with Crippen LogP contribution < -0.4 is 10.6 Å². The van der Waals surface area contributed by atoms with Crippen molar-refractivity contribution in [3.8, 4) is 0 Å². The van der Waals surface area contributed by atoms with E-state index < -0.39 is 0 Å². The Labute approximate surface area is 135 Å². The number of ether oxygens (including phenoxy) is 2. The Balaban J connectivity index is 1.62. The first-order chi connectivity index (χ1) is 10.7. The molecule has 0 bridgehead atoms. The van der Waals surface area contributed by atoms with Gasteiger partial charge in [0.2, 0.25) is 0 Å². The van der Waals surface area contributed by atoms with Crippen LogP contribution in [0.1, 0.15) is 58.8 Å². The zero-order chi connectivity index (χ0) is 15.7. The quantitative estimate of drug-likeness (QED) is 0.411. The summed E-state index contributed by atoms with van der Waals surface area (Å²) in [5, 5.41) is 6.69. The van der Waals surface area contributed by atoms with Crippen molar-refractivity contribution < 1.29 is 9.47 Å². The summed E-state index contributed by atoms with van der Waals surface area (Å²) < 4.78 is 11.7. The number of aliphatic imine (C=N–C) groups is 1. The molecule has 0 aromatic rings. The maximum Gasteiger partial charge on any atom is 0.191 e. The molecular formula is C17H33N3O2. The zero-order valence-corrected chi connectivity index (χ0v) is 14.3. The van der Waals surface area contributed by atoms with Crippen LogP contribution in [0.2, 0.25) is 0 Å². The molecule has 1 saturated carbocycles. The van der Waals surface area contributed by atoms with Crippen LogP contribution >= 0.6 is 0 Å². The van der Waals surface area contributed by atoms with Gasteiger partial charge in [0.05, 0.1) is 18.2 Å². The van der Waals surface area contributed by atoms with E-state index in [4.69, 9.17) is 9.47 Å². The van der Waals surface area contributed by atoms with Crippen molar-refractivity contribution in [2.45, 2.75) is 70.5 Å². The number of hydrogen-bond donors (Lipinski definition) is 2. The summed E-state index contributed by atoms with van der Waals surface area (Å²) in [6, 6.07) is 0. The molecule has 1 aliphatic carbocycles. The lowest BCUT2D eigenvalue weighted by atomic mass is 10.0. The standard InChI is InChI=1S/C17H33N3O2/c1-3-18-16(20-14-17(2)10-6-13-22-17)19-11-7-12-21-15-8-4-5-9-15/h15H,3-14H2,1-2H3,(H2,18,19,20). The third kappa shape index (κ3) is 6.13. The molecule has 1 atom stereocenters. The first kappa shape index (κ1) is 17.5. The Morgan fingerprint density at radius 1 is 1.27 bits per heavy atom. The normalized spacial score (nSPS) is 26.5. The predicted molar refractivity (Wildman–Crippen MR) is 90.4 cm³/mol. The van der Waals surface area contributed by atoms with E-state index >= 15 is 0 Å². The Kier molecular flexibility index (Phi) is 7.46. The topological polar surface area (TPSA) is 54.9 Å². The second-order valence-electron chi connectivity index (χ2n) is 6.65. The second-order valence-corrected chi connectivity index (χ2v) is 6.65. The minimum absolute atomic E-state index is 0.0755. The largest absolute Gasteiger partial charge is 0.378 e. The van der Waals surface area contributed by atoms with Crippen LogP contribution in [-0.4, -0.2) is 50.5 Å². The average molecular weight is 311 g/mol. The van der Waals surface area contributed by atoms with Gasteiger partial charge in [-0.05, 0) is 46.0 Å². The van der Waals surface area contributed by atoms with Gasteiger partial charge in [-0.15, -0.1) is 0 Å². The highest BCUT2D eigenvalue weighted by atomic mass is 16.5. The molecule has 5 heteroatoms. The van der Waals surface area contributed by atoms with Crippen LogP contribution in [0.15, 0.2) is 4.99 Å². The molecule has 0 radical (unpaired) electrons. The Morgan fingerprint density at radius 2 is 2.09 bits per heavy atom. The molecule has 22 heavy (non-hydrogen) atoms. The maximum atomic E-state index is 5.88. The smallest absolute Gasteiger partial charge is 0.191 e. The molecule has 1 saturated heterocycles. The first-order valence-corrected chi connectivity index (χ1v) is 8.99. The fraction of sp³-hybridized carbons (Fsp3) is 0.941. The van der Waals surface area contributed by atoms with Gasteiger partial charge >= 0.3 is 0 Å². The monoisotopic (exact) mass is 311 g/mol. The lowest BCUT2D eigenvalue weighted by molar-refractivity contribution is 0.0283. The van der Waals surface area contributed by atoms with Crippen molar-refractivity contribution in [3.63, 3.8) is 0 Å². The molecule has 1 unspecified atom stereocenters. The van der Waals surface area contributed by atoms with Crippen LogP contribution in [0.3, 0.4) is 0 Å². The van der Waals surface area contributed by atoms with Gasteiger partial charge in [-0.1, -0.05) is 12.8 Å². The Hall–Kier alpha value is -0.810. The first-order valence-electron chi connectivity index (χ1n) is 8.99. The van der Waals surface area contributed by atoms with E-state index in [0.717, 1.165) is 58.1 Å². The van der Waals surface area contributed by atoms with E-state index in [9.17, 15) is 0 Å². The average Bonchev–Trinajstić information content (AvgIpc) is 3.16. The van der Waals surface area contributed by atoms with E-state index in [-0.39, 0.29) is 5.60 Å². The zero-order valence-electron chi connectivity index (χ0n) is 14.3. The summed E-state index contributed by atoms with van der Waals surface area (Å²) in [4.78, 5) is 4.67. The van der Waals surface area contributed by atoms with Gasteiger partial charge in [0.25, 0.3) is 0 Å². The van der Waals surface area contributed by atoms with Gasteiger partial charge in [0.15, 0.2) is 5.96 Å². The molecule has 2 rings (SSSR count). The van der Waals surface area contributed by atoms with Crippen LogP contribution in [0.4, 0.5) is 0 Å². The van der Waals surface area contributed by atoms with Crippen LogP contribution in [0.25, 0.3) is 0 Å². The lowest BCUT2D eigenvalue weighted by Gasteiger charge is -2.21. The number of guanidine groups is 1. The minimum Gasteiger partial charge on any atom is -0.378 e. The van der Waals surface area contributed by atoms with Crippen molar-refractivity contribution in [2.75, 3.05) is 32.8 Å². The summed E-state index contributed by atoms with van der Waals surface area (Å²) in [6.45, 7) is 8.46. The van der Waals surface area contributed by atoms with Gasteiger partial charge in [-0.25, -0.2) is 0 Å². The van der Waals surface area contributed by atoms with E-state index in [2.05, 4.69) is 29.5 Å². The molecule has 0 aromatic heterocycles. The van der Waals surface area contributed by atoms with Crippen molar-refractivity contribution in [3.05, 3.63) is 0 Å². The third-order valence-electron chi connectivity index (χ3n) is 4.49. The Bertz CT molecular complexity index is 335. The predicted octanol–water partition coefficient (Wildman–Crippen LogP) is 2.46. The summed E-state index contributed by atoms with van der Waals surface area (Å²) >= 11 is 0. The summed E-state index contributed by atoms with van der Waals surface area (Å²) in [5.74, 6) is 0.889. The van der Waals surface area contributed by atoms with E-state index in [0.29, 0.717) is 6.10 Å². The lowest BCUT2D eigenvalue weighted by Crippen LogP contribution is -2.39. The van der Waals surface area contributed by atoms with Crippen LogP contribution in [0.5, 0.6) is 0 Å². The molecular weight excluding hydrogens is 278 g/mol. The molecule has 128 valence electrons. The molecule has 2 fully saturated rings. The molecule has 0 spiro atoms. The van der Waals surface area contributed by atoms with Gasteiger partial charge < -0.3 is 20.1 Å².